The minimum atomic E-state index is -1.11. The normalized spacial score (nSPS) is 15.1. The van der Waals surface area contributed by atoms with E-state index >= 15 is 0 Å². The van der Waals surface area contributed by atoms with Crippen molar-refractivity contribution < 1.29 is 29.3 Å². The molecular formula is C19H13NO6S2. The Morgan fingerprint density at radius 1 is 1.11 bits per heavy atom. The summed E-state index contributed by atoms with van der Waals surface area (Å²) in [5, 5.41) is 17.8. The lowest BCUT2D eigenvalue weighted by Gasteiger charge is -2.14. The molecule has 3 rings (SSSR count). The number of aromatic carboxylic acids is 1. The molecule has 1 saturated heterocycles. The van der Waals surface area contributed by atoms with E-state index in [2.05, 4.69) is 0 Å². The molecule has 2 aromatic carbocycles. The van der Waals surface area contributed by atoms with Crippen molar-refractivity contribution in [3.63, 3.8) is 0 Å². The van der Waals surface area contributed by atoms with Crippen molar-refractivity contribution in [3.05, 3.63) is 64.6 Å². The zero-order chi connectivity index (χ0) is 20.3. The Balaban J connectivity index is 1.87. The van der Waals surface area contributed by atoms with Gasteiger partial charge in [-0.2, -0.15) is 0 Å². The molecule has 1 heterocycles. The first-order valence-electron chi connectivity index (χ1n) is 7.92. The van der Waals surface area contributed by atoms with Gasteiger partial charge in [0.25, 0.3) is 5.91 Å². The summed E-state index contributed by atoms with van der Waals surface area (Å²) < 4.78 is 5.56. The van der Waals surface area contributed by atoms with Crippen LogP contribution in [-0.4, -0.2) is 39.0 Å². The summed E-state index contributed by atoms with van der Waals surface area (Å²) in [6.07, 6.45) is 1.59. The summed E-state index contributed by atoms with van der Waals surface area (Å²) in [4.78, 5) is 36.2. The Hall–Kier alpha value is -3.17. The Labute approximate surface area is 169 Å². The molecule has 0 unspecified atom stereocenters. The monoisotopic (exact) mass is 415 g/mol. The van der Waals surface area contributed by atoms with Crippen molar-refractivity contribution in [2.45, 2.75) is 0 Å². The van der Waals surface area contributed by atoms with Gasteiger partial charge in [-0.05, 0) is 36.4 Å². The van der Waals surface area contributed by atoms with Crippen LogP contribution >= 0.6 is 24.0 Å². The number of para-hydroxylation sites is 1. The van der Waals surface area contributed by atoms with Gasteiger partial charge in [0.1, 0.15) is 5.75 Å². The number of hydrogen-bond donors (Lipinski definition) is 2. The van der Waals surface area contributed by atoms with Gasteiger partial charge in [0, 0.05) is 5.56 Å². The molecular weight excluding hydrogens is 402 g/mol. The van der Waals surface area contributed by atoms with Gasteiger partial charge in [0.2, 0.25) is 0 Å². The van der Waals surface area contributed by atoms with Crippen molar-refractivity contribution >= 4 is 57.9 Å². The van der Waals surface area contributed by atoms with Gasteiger partial charge in [-0.25, -0.2) is 9.59 Å². The fraction of sp³-hybridized carbons (Fsp3) is 0.0526. The number of benzene rings is 2. The molecule has 28 heavy (non-hydrogen) atoms. The van der Waals surface area contributed by atoms with Gasteiger partial charge >= 0.3 is 11.9 Å². The first kappa shape index (κ1) is 19.6. The predicted molar refractivity (Wildman–Crippen MR) is 109 cm³/mol. The van der Waals surface area contributed by atoms with Gasteiger partial charge in [0.15, 0.2) is 10.9 Å². The number of amides is 1. The number of aliphatic carboxylic acids is 1. The number of thiocarbonyl (C=S) groups is 1. The zero-order valence-electron chi connectivity index (χ0n) is 14.2. The third kappa shape index (κ3) is 4.21. The van der Waals surface area contributed by atoms with E-state index in [1.807, 2.05) is 0 Å². The molecule has 0 bridgehead atoms. The number of nitrogens with zero attached hydrogens (tertiary/aromatic N) is 1. The van der Waals surface area contributed by atoms with Crippen LogP contribution in [0.1, 0.15) is 15.9 Å². The molecule has 2 N–H and O–H groups in total. The fourth-order valence-corrected chi connectivity index (χ4v) is 3.75. The molecule has 1 aliphatic rings. The molecule has 0 aliphatic carbocycles. The van der Waals surface area contributed by atoms with Gasteiger partial charge < -0.3 is 14.9 Å². The molecule has 9 heteroatoms. The first-order valence-corrected chi connectivity index (χ1v) is 9.14. The maximum absolute atomic E-state index is 12.8. The maximum Gasteiger partial charge on any atom is 0.341 e. The van der Waals surface area contributed by atoms with E-state index in [0.717, 1.165) is 11.8 Å². The van der Waals surface area contributed by atoms with E-state index in [9.17, 15) is 14.4 Å². The van der Waals surface area contributed by atoms with Gasteiger partial charge in [-0.15, -0.1) is 0 Å². The highest BCUT2D eigenvalue weighted by Gasteiger charge is 2.33. The number of hydrogen-bond acceptors (Lipinski definition) is 6. The van der Waals surface area contributed by atoms with Crippen LogP contribution in [-0.2, 0) is 9.59 Å². The summed E-state index contributed by atoms with van der Waals surface area (Å²) in [6, 6.07) is 12.6. The smallest absolute Gasteiger partial charge is 0.341 e. The average molecular weight is 415 g/mol. The largest absolute Gasteiger partial charge is 0.481 e. The summed E-state index contributed by atoms with van der Waals surface area (Å²) in [6.45, 7) is -0.498. The highest BCUT2D eigenvalue weighted by atomic mass is 32.2. The predicted octanol–water partition coefficient (Wildman–Crippen LogP) is 3.25. The lowest BCUT2D eigenvalue weighted by atomic mass is 10.1. The molecule has 0 saturated carbocycles. The Bertz CT molecular complexity index is 1000. The number of carbonyl (C=O) groups excluding carboxylic acids is 1. The lowest BCUT2D eigenvalue weighted by Crippen LogP contribution is -2.27. The van der Waals surface area contributed by atoms with Crippen LogP contribution in [0.3, 0.4) is 0 Å². The SMILES string of the molecule is O=C(O)COc1ccccc1/C=C1/SC(=S)N(c2ccc(C(=O)O)cc2)C1=O. The van der Waals surface area contributed by atoms with Crippen LogP contribution in [0, 0.1) is 0 Å². The van der Waals surface area contributed by atoms with Crippen molar-refractivity contribution in [3.8, 4) is 5.75 Å². The highest BCUT2D eigenvalue weighted by molar-refractivity contribution is 8.27. The summed E-state index contributed by atoms with van der Waals surface area (Å²) >= 11 is 6.39. The van der Waals surface area contributed by atoms with Crippen molar-refractivity contribution in [1.29, 1.82) is 0 Å². The Kier molecular flexibility index (Phi) is 5.76. The minimum absolute atomic E-state index is 0.106. The summed E-state index contributed by atoms with van der Waals surface area (Å²) in [5.41, 5.74) is 1.12. The van der Waals surface area contributed by atoms with Crippen LogP contribution in [0.2, 0.25) is 0 Å². The number of rotatable bonds is 6. The first-order chi connectivity index (χ1) is 13.4. The Morgan fingerprint density at radius 3 is 2.43 bits per heavy atom. The number of carboxylic acid groups (broad SMARTS) is 2. The van der Waals surface area contributed by atoms with Crippen LogP contribution in [0.5, 0.6) is 5.75 Å². The molecule has 142 valence electrons. The average Bonchev–Trinajstić information content (AvgIpc) is 2.94. The van der Waals surface area contributed by atoms with E-state index in [4.69, 9.17) is 27.2 Å². The molecule has 0 spiro atoms. The molecule has 1 aliphatic heterocycles. The van der Waals surface area contributed by atoms with Gasteiger partial charge in [-0.3, -0.25) is 9.69 Å². The van der Waals surface area contributed by atoms with E-state index in [1.165, 1.54) is 29.2 Å². The summed E-state index contributed by atoms with van der Waals surface area (Å²) in [5.74, 6) is -2.19. The van der Waals surface area contributed by atoms with Crippen molar-refractivity contribution in [2.75, 3.05) is 11.5 Å². The molecule has 0 radical (unpaired) electrons. The third-order valence-electron chi connectivity index (χ3n) is 3.72. The Morgan fingerprint density at radius 2 is 1.79 bits per heavy atom. The van der Waals surface area contributed by atoms with E-state index in [0.29, 0.717) is 26.2 Å². The van der Waals surface area contributed by atoms with Gasteiger partial charge in [0.05, 0.1) is 16.2 Å². The number of carbonyl (C=O) groups is 3. The lowest BCUT2D eigenvalue weighted by molar-refractivity contribution is -0.139. The molecule has 7 nitrogen and oxygen atoms in total. The van der Waals surface area contributed by atoms with Crippen LogP contribution in [0.4, 0.5) is 5.69 Å². The second kappa shape index (κ2) is 8.24. The van der Waals surface area contributed by atoms with E-state index in [1.54, 1.807) is 30.3 Å². The van der Waals surface area contributed by atoms with Crippen LogP contribution in [0.25, 0.3) is 6.08 Å². The number of thioether (sulfide) groups is 1. The minimum Gasteiger partial charge on any atom is -0.481 e. The van der Waals surface area contributed by atoms with Crippen LogP contribution in [0.15, 0.2) is 53.4 Å². The number of carboxylic acids is 2. The second-order valence-electron chi connectivity index (χ2n) is 5.59. The molecule has 0 atom stereocenters. The van der Waals surface area contributed by atoms with E-state index in [-0.39, 0.29) is 11.5 Å². The molecule has 2 aromatic rings. The highest BCUT2D eigenvalue weighted by Crippen LogP contribution is 2.37. The zero-order valence-corrected chi connectivity index (χ0v) is 15.8. The topological polar surface area (TPSA) is 104 Å². The number of ether oxygens (including phenoxy) is 1. The third-order valence-corrected chi connectivity index (χ3v) is 5.03. The quantitative estimate of drug-likeness (QED) is 0.547. The molecule has 0 aromatic heterocycles. The van der Waals surface area contributed by atoms with Crippen molar-refractivity contribution in [1.82, 2.24) is 0 Å². The second-order valence-corrected chi connectivity index (χ2v) is 7.27. The molecule has 1 amide bonds. The van der Waals surface area contributed by atoms with Crippen LogP contribution < -0.4 is 9.64 Å². The fourth-order valence-electron chi connectivity index (χ4n) is 2.46. The maximum atomic E-state index is 12.8. The van der Waals surface area contributed by atoms with Crippen molar-refractivity contribution in [2.24, 2.45) is 0 Å². The van der Waals surface area contributed by atoms with Gasteiger partial charge in [-0.1, -0.05) is 42.2 Å². The number of anilines is 1. The summed E-state index contributed by atoms with van der Waals surface area (Å²) in [7, 11) is 0. The molecule has 1 fully saturated rings. The van der Waals surface area contributed by atoms with E-state index < -0.39 is 18.5 Å². The standard InChI is InChI=1S/C19H13NO6S2/c21-16(22)10-26-14-4-2-1-3-12(14)9-15-17(23)20(19(27)28-15)13-7-5-11(6-8-13)18(24)25/h1-9H,10H2,(H,21,22)(H,24,25)/b15-9+.